The fourth-order valence-corrected chi connectivity index (χ4v) is 2.55. The number of nitrogens with zero attached hydrogens (tertiary/aromatic N) is 1. The third-order valence-corrected chi connectivity index (χ3v) is 3.62. The number of hydrogen-bond acceptors (Lipinski definition) is 3. The first-order chi connectivity index (χ1) is 9.70. The molecule has 0 radical (unpaired) electrons. The maximum Gasteiger partial charge on any atom is 0.242 e. The van der Waals surface area contributed by atoms with Gasteiger partial charge in [0.25, 0.3) is 0 Å². The van der Waals surface area contributed by atoms with Crippen LogP contribution in [0.15, 0.2) is 0 Å². The van der Waals surface area contributed by atoms with Crippen molar-refractivity contribution in [2.24, 2.45) is 0 Å². The molecule has 0 aromatic rings. The van der Waals surface area contributed by atoms with Crippen molar-refractivity contribution in [1.82, 2.24) is 15.5 Å². The van der Waals surface area contributed by atoms with Gasteiger partial charge in [0, 0.05) is 26.1 Å². The van der Waals surface area contributed by atoms with Crippen LogP contribution in [-0.2, 0) is 9.59 Å². The maximum atomic E-state index is 12.2. The van der Waals surface area contributed by atoms with Gasteiger partial charge in [0.2, 0.25) is 11.8 Å². The quantitative estimate of drug-likeness (QED) is 0.669. The average Bonchev–Trinajstić information content (AvgIpc) is 2.47. The number of carbonyl (C=O) groups is 2. The predicted octanol–water partition coefficient (Wildman–Crippen LogP) is 1.71. The Morgan fingerprint density at radius 1 is 1.10 bits per heavy atom. The number of nitrogens with one attached hydrogen (secondary N) is 2. The Bertz CT molecular complexity index is 313. The first-order valence-electron chi connectivity index (χ1n) is 7.98. The molecule has 1 atom stereocenters. The molecule has 0 saturated carbocycles. The highest BCUT2D eigenvalue weighted by Crippen LogP contribution is 2.18. The molecule has 0 aromatic carbocycles. The van der Waals surface area contributed by atoms with E-state index in [1.165, 1.54) is 0 Å². The lowest BCUT2D eigenvalue weighted by molar-refractivity contribution is -0.142. The molecule has 1 aliphatic rings. The Labute approximate surface area is 134 Å². The van der Waals surface area contributed by atoms with Gasteiger partial charge in [-0.05, 0) is 38.6 Å². The minimum atomic E-state index is -0.256. The number of hydrogen-bond donors (Lipinski definition) is 2. The van der Waals surface area contributed by atoms with Crippen LogP contribution >= 0.6 is 12.4 Å². The Morgan fingerprint density at radius 2 is 1.86 bits per heavy atom. The second kappa shape index (κ2) is 11.8. The summed E-state index contributed by atoms with van der Waals surface area (Å²) in [6.45, 7) is 7.23. The average molecular weight is 320 g/mol. The van der Waals surface area contributed by atoms with Crippen molar-refractivity contribution >= 4 is 24.2 Å². The van der Waals surface area contributed by atoms with Crippen molar-refractivity contribution in [2.45, 2.75) is 58.4 Å². The second-order valence-electron chi connectivity index (χ2n) is 5.39. The molecule has 1 heterocycles. The highest BCUT2D eigenvalue weighted by atomic mass is 35.5. The molecule has 1 fully saturated rings. The van der Waals surface area contributed by atoms with Gasteiger partial charge in [-0.1, -0.05) is 13.8 Å². The smallest absolute Gasteiger partial charge is 0.242 e. The molecular formula is C15H30ClN3O2. The zero-order valence-electron chi connectivity index (χ0n) is 13.3. The van der Waals surface area contributed by atoms with E-state index in [0.717, 1.165) is 51.7 Å². The summed E-state index contributed by atoms with van der Waals surface area (Å²) in [5, 5.41) is 6.20. The fourth-order valence-electron chi connectivity index (χ4n) is 2.55. The van der Waals surface area contributed by atoms with Crippen molar-refractivity contribution in [2.75, 3.05) is 26.2 Å². The predicted molar refractivity (Wildman–Crippen MR) is 87.7 cm³/mol. The molecule has 5 nitrogen and oxygen atoms in total. The fraction of sp³-hybridized carbons (Fsp3) is 0.867. The third-order valence-electron chi connectivity index (χ3n) is 3.62. The van der Waals surface area contributed by atoms with E-state index in [0.29, 0.717) is 13.0 Å². The number of likely N-dealkylation sites (tertiary alicyclic amines) is 1. The molecule has 0 aromatic heterocycles. The molecule has 1 rings (SSSR count). The molecule has 1 saturated heterocycles. The molecule has 2 amide bonds. The number of rotatable bonds is 8. The summed E-state index contributed by atoms with van der Waals surface area (Å²) in [5.74, 6) is 0.129. The van der Waals surface area contributed by atoms with Crippen LogP contribution in [0.25, 0.3) is 0 Å². The van der Waals surface area contributed by atoms with E-state index in [1.54, 1.807) is 4.90 Å². The third kappa shape index (κ3) is 7.14. The minimum absolute atomic E-state index is 0. The summed E-state index contributed by atoms with van der Waals surface area (Å²) < 4.78 is 0. The number of halogens is 1. The number of carbonyl (C=O) groups excluding carboxylic acids is 2. The standard InChI is InChI=1S/C15H29N3O2.ClH/c1-3-7-14(19)18-12-6-5-8-13(18)15(20)17-11-10-16-9-4-2;/h13,16H,3-12H2,1-2H3,(H,17,20);1H. The van der Waals surface area contributed by atoms with Gasteiger partial charge in [0.1, 0.15) is 6.04 Å². The SMILES string of the molecule is CCCNCCNC(=O)C1CCCCN1C(=O)CCC.Cl. The summed E-state index contributed by atoms with van der Waals surface area (Å²) in [4.78, 5) is 26.1. The highest BCUT2D eigenvalue weighted by molar-refractivity contribution is 5.87. The first kappa shape index (κ1) is 20.2. The van der Waals surface area contributed by atoms with Gasteiger partial charge in [-0.3, -0.25) is 9.59 Å². The van der Waals surface area contributed by atoms with E-state index in [-0.39, 0.29) is 30.3 Å². The molecular weight excluding hydrogens is 290 g/mol. The largest absolute Gasteiger partial charge is 0.353 e. The van der Waals surface area contributed by atoms with Crippen molar-refractivity contribution in [3.63, 3.8) is 0 Å². The van der Waals surface area contributed by atoms with Crippen LogP contribution in [0.2, 0.25) is 0 Å². The van der Waals surface area contributed by atoms with Gasteiger partial charge in [0.05, 0.1) is 0 Å². The minimum Gasteiger partial charge on any atom is -0.353 e. The van der Waals surface area contributed by atoms with Crippen LogP contribution in [0.4, 0.5) is 0 Å². The Kier molecular flexibility index (Phi) is 11.4. The molecule has 0 aliphatic carbocycles. The van der Waals surface area contributed by atoms with Gasteiger partial charge in [0.15, 0.2) is 0 Å². The number of amides is 2. The Hall–Kier alpha value is -0.810. The zero-order valence-corrected chi connectivity index (χ0v) is 14.1. The summed E-state index contributed by atoms with van der Waals surface area (Å²) in [5.41, 5.74) is 0. The molecule has 0 bridgehead atoms. The molecule has 124 valence electrons. The van der Waals surface area contributed by atoms with Gasteiger partial charge < -0.3 is 15.5 Å². The van der Waals surface area contributed by atoms with Gasteiger partial charge in [-0.2, -0.15) is 0 Å². The second-order valence-corrected chi connectivity index (χ2v) is 5.39. The first-order valence-corrected chi connectivity index (χ1v) is 7.98. The van der Waals surface area contributed by atoms with E-state index in [2.05, 4.69) is 17.6 Å². The van der Waals surface area contributed by atoms with E-state index < -0.39 is 0 Å². The van der Waals surface area contributed by atoms with Crippen LogP contribution in [0.3, 0.4) is 0 Å². The molecule has 1 unspecified atom stereocenters. The number of piperidine rings is 1. The Morgan fingerprint density at radius 3 is 2.52 bits per heavy atom. The van der Waals surface area contributed by atoms with Crippen LogP contribution in [0.5, 0.6) is 0 Å². The van der Waals surface area contributed by atoms with Crippen LogP contribution in [0, 0.1) is 0 Å². The van der Waals surface area contributed by atoms with Crippen molar-refractivity contribution < 1.29 is 9.59 Å². The van der Waals surface area contributed by atoms with Gasteiger partial charge >= 0.3 is 0 Å². The van der Waals surface area contributed by atoms with Gasteiger partial charge in [-0.25, -0.2) is 0 Å². The van der Waals surface area contributed by atoms with E-state index in [4.69, 9.17) is 0 Å². The Balaban J connectivity index is 0.00000400. The molecule has 21 heavy (non-hydrogen) atoms. The highest BCUT2D eigenvalue weighted by Gasteiger charge is 2.31. The van der Waals surface area contributed by atoms with Crippen LogP contribution < -0.4 is 10.6 Å². The maximum absolute atomic E-state index is 12.2. The lowest BCUT2D eigenvalue weighted by atomic mass is 10.0. The molecule has 1 aliphatic heterocycles. The van der Waals surface area contributed by atoms with Crippen molar-refractivity contribution in [3.8, 4) is 0 Å². The molecule has 2 N–H and O–H groups in total. The molecule has 0 spiro atoms. The van der Waals surface area contributed by atoms with E-state index in [9.17, 15) is 9.59 Å². The molecule has 6 heteroatoms. The lowest BCUT2D eigenvalue weighted by Gasteiger charge is -2.34. The summed E-state index contributed by atoms with van der Waals surface area (Å²) in [7, 11) is 0. The van der Waals surface area contributed by atoms with Crippen molar-refractivity contribution in [1.29, 1.82) is 0 Å². The summed E-state index contributed by atoms with van der Waals surface area (Å²) >= 11 is 0. The van der Waals surface area contributed by atoms with Crippen LogP contribution in [0.1, 0.15) is 52.4 Å². The topological polar surface area (TPSA) is 61.4 Å². The lowest BCUT2D eigenvalue weighted by Crippen LogP contribution is -2.52. The monoisotopic (exact) mass is 319 g/mol. The zero-order chi connectivity index (χ0) is 14.8. The van der Waals surface area contributed by atoms with Crippen molar-refractivity contribution in [3.05, 3.63) is 0 Å². The normalized spacial score (nSPS) is 18.0. The van der Waals surface area contributed by atoms with E-state index >= 15 is 0 Å². The summed E-state index contributed by atoms with van der Waals surface area (Å²) in [6, 6.07) is -0.256. The van der Waals surface area contributed by atoms with E-state index in [1.807, 2.05) is 6.92 Å². The van der Waals surface area contributed by atoms with Gasteiger partial charge in [-0.15, -0.1) is 12.4 Å². The van der Waals surface area contributed by atoms with Crippen LogP contribution in [-0.4, -0.2) is 48.9 Å². The summed E-state index contributed by atoms with van der Waals surface area (Å²) in [6.07, 6.45) is 5.31.